The predicted octanol–water partition coefficient (Wildman–Crippen LogP) is 0.811. The second-order valence-electron chi connectivity index (χ2n) is 5.14. The molecule has 1 N–H and O–H groups in total. The molecule has 1 fully saturated rings. The number of nitrogens with zero attached hydrogens (tertiary/aromatic N) is 4. The van der Waals surface area contributed by atoms with E-state index in [1.54, 1.807) is 10.9 Å². The number of rotatable bonds is 6. The van der Waals surface area contributed by atoms with Crippen LogP contribution in [0.25, 0.3) is 0 Å². The van der Waals surface area contributed by atoms with Crippen LogP contribution < -0.4 is 5.32 Å². The van der Waals surface area contributed by atoms with Crippen LogP contribution in [0.4, 0.5) is 0 Å². The lowest BCUT2D eigenvalue weighted by atomic mass is 10.4. The summed E-state index contributed by atoms with van der Waals surface area (Å²) < 4.78 is 6.77. The molecule has 106 valence electrons. The highest BCUT2D eigenvalue weighted by molar-refractivity contribution is 5.75. The van der Waals surface area contributed by atoms with E-state index in [1.165, 1.54) is 0 Å². The van der Waals surface area contributed by atoms with Crippen LogP contribution in [-0.2, 0) is 17.8 Å². The normalized spacial score (nSPS) is 14.4. The molecule has 2 heterocycles. The van der Waals surface area contributed by atoms with E-state index in [0.29, 0.717) is 24.7 Å². The number of hydrogen-bond acceptors (Lipinski definition) is 5. The Kier molecular flexibility index (Phi) is 3.49. The summed E-state index contributed by atoms with van der Waals surface area (Å²) in [6.07, 6.45) is 6.43. The Morgan fingerprint density at radius 3 is 3.10 bits per heavy atom. The molecule has 0 unspecified atom stereocenters. The van der Waals surface area contributed by atoms with Crippen molar-refractivity contribution < 1.29 is 9.32 Å². The molecule has 0 spiro atoms. The van der Waals surface area contributed by atoms with Crippen LogP contribution in [0.3, 0.4) is 0 Å². The summed E-state index contributed by atoms with van der Waals surface area (Å²) in [7, 11) is 0. The average Bonchev–Trinajstić information content (AvgIpc) is 3.03. The first kappa shape index (κ1) is 12.8. The summed E-state index contributed by atoms with van der Waals surface area (Å²) in [5, 5.41) is 10.8. The van der Waals surface area contributed by atoms with Crippen LogP contribution in [0, 0.1) is 6.92 Å². The molecule has 7 nitrogen and oxygen atoms in total. The van der Waals surface area contributed by atoms with Crippen molar-refractivity contribution in [2.75, 3.05) is 6.54 Å². The summed E-state index contributed by atoms with van der Waals surface area (Å²) in [4.78, 5) is 16.0. The summed E-state index contributed by atoms with van der Waals surface area (Å²) in [5.74, 6) is 1.79. The van der Waals surface area contributed by atoms with E-state index in [4.69, 9.17) is 4.52 Å². The Hall–Kier alpha value is -2.18. The van der Waals surface area contributed by atoms with Gasteiger partial charge in [-0.25, -0.2) is 0 Å². The van der Waals surface area contributed by atoms with Crippen LogP contribution in [0.2, 0.25) is 0 Å². The van der Waals surface area contributed by atoms with E-state index < -0.39 is 0 Å². The van der Waals surface area contributed by atoms with E-state index in [1.807, 2.05) is 13.1 Å². The fraction of sp³-hybridized carbons (Fsp3) is 0.538. The standard InChI is InChI=1S/C13H17N5O2/c1-9-6-15-18(7-9)8-12(19)14-5-4-11-16-13(20-17-11)10-2-3-10/h6-7,10H,2-5,8H2,1H3,(H,14,19). The molecule has 7 heteroatoms. The van der Waals surface area contributed by atoms with Crippen molar-refractivity contribution in [1.82, 2.24) is 25.2 Å². The Balaban J connectivity index is 1.41. The fourth-order valence-electron chi connectivity index (χ4n) is 1.94. The summed E-state index contributed by atoms with van der Waals surface area (Å²) in [6, 6.07) is 0. The zero-order valence-electron chi connectivity index (χ0n) is 11.4. The zero-order valence-corrected chi connectivity index (χ0v) is 11.4. The van der Waals surface area contributed by atoms with Crippen molar-refractivity contribution in [1.29, 1.82) is 0 Å². The summed E-state index contributed by atoms with van der Waals surface area (Å²) in [6.45, 7) is 2.67. The molecule has 3 rings (SSSR count). The maximum Gasteiger partial charge on any atom is 0.241 e. The topological polar surface area (TPSA) is 85.8 Å². The van der Waals surface area contributed by atoms with Crippen LogP contribution >= 0.6 is 0 Å². The van der Waals surface area contributed by atoms with Crippen LogP contribution in [-0.4, -0.2) is 32.4 Å². The average molecular weight is 275 g/mol. The molecule has 2 aromatic heterocycles. The Morgan fingerprint density at radius 1 is 1.55 bits per heavy atom. The maximum absolute atomic E-state index is 11.7. The minimum Gasteiger partial charge on any atom is -0.354 e. The molecule has 1 aliphatic rings. The maximum atomic E-state index is 11.7. The molecule has 2 aromatic rings. The van der Waals surface area contributed by atoms with Gasteiger partial charge in [0.1, 0.15) is 6.54 Å². The van der Waals surface area contributed by atoms with Crippen molar-refractivity contribution in [2.45, 2.75) is 38.6 Å². The largest absolute Gasteiger partial charge is 0.354 e. The molecule has 0 aromatic carbocycles. The Bertz CT molecular complexity index is 599. The predicted molar refractivity (Wildman–Crippen MR) is 70.0 cm³/mol. The van der Waals surface area contributed by atoms with Gasteiger partial charge in [-0.1, -0.05) is 5.16 Å². The molecule has 0 atom stereocenters. The second kappa shape index (κ2) is 5.44. The van der Waals surface area contributed by atoms with Crippen molar-refractivity contribution >= 4 is 5.91 Å². The second-order valence-corrected chi connectivity index (χ2v) is 5.14. The summed E-state index contributed by atoms with van der Waals surface area (Å²) >= 11 is 0. The number of carbonyl (C=O) groups excluding carboxylic acids is 1. The van der Waals surface area contributed by atoms with Crippen molar-refractivity contribution in [3.63, 3.8) is 0 Å². The molecule has 0 radical (unpaired) electrons. The fourth-order valence-corrected chi connectivity index (χ4v) is 1.94. The van der Waals surface area contributed by atoms with Crippen molar-refractivity contribution in [2.24, 2.45) is 0 Å². The van der Waals surface area contributed by atoms with Crippen LogP contribution in [0.1, 0.15) is 36.0 Å². The third-order valence-corrected chi connectivity index (χ3v) is 3.15. The highest BCUT2D eigenvalue weighted by Gasteiger charge is 2.29. The van der Waals surface area contributed by atoms with Crippen LogP contribution in [0.5, 0.6) is 0 Å². The number of aromatic nitrogens is 4. The quantitative estimate of drug-likeness (QED) is 0.843. The monoisotopic (exact) mass is 275 g/mol. The first-order valence-corrected chi connectivity index (χ1v) is 6.79. The first-order valence-electron chi connectivity index (χ1n) is 6.79. The molecule has 1 aliphatic carbocycles. The van der Waals surface area contributed by atoms with Crippen molar-refractivity contribution in [3.8, 4) is 0 Å². The van der Waals surface area contributed by atoms with Gasteiger partial charge < -0.3 is 9.84 Å². The lowest BCUT2D eigenvalue weighted by Crippen LogP contribution is -2.29. The lowest BCUT2D eigenvalue weighted by Gasteiger charge is -2.03. The van der Waals surface area contributed by atoms with E-state index in [9.17, 15) is 4.79 Å². The minimum absolute atomic E-state index is 0.0704. The first-order chi connectivity index (χ1) is 9.70. The lowest BCUT2D eigenvalue weighted by molar-refractivity contribution is -0.121. The van der Waals surface area contributed by atoms with Gasteiger partial charge in [-0.3, -0.25) is 9.48 Å². The number of hydrogen-bond donors (Lipinski definition) is 1. The molecular formula is C13H17N5O2. The van der Waals surface area contributed by atoms with E-state index in [-0.39, 0.29) is 12.5 Å². The third kappa shape index (κ3) is 3.23. The summed E-state index contributed by atoms with van der Waals surface area (Å²) in [5.41, 5.74) is 1.04. The van der Waals surface area contributed by atoms with E-state index in [2.05, 4.69) is 20.6 Å². The number of nitrogens with one attached hydrogen (secondary N) is 1. The highest BCUT2D eigenvalue weighted by atomic mass is 16.5. The number of amides is 1. The molecule has 0 saturated heterocycles. The smallest absolute Gasteiger partial charge is 0.241 e. The third-order valence-electron chi connectivity index (χ3n) is 3.15. The molecular weight excluding hydrogens is 258 g/mol. The zero-order chi connectivity index (χ0) is 13.9. The van der Waals surface area contributed by atoms with Gasteiger partial charge in [0.05, 0.1) is 6.20 Å². The SMILES string of the molecule is Cc1cnn(CC(=O)NCCc2noc(C3CC3)n2)c1. The van der Waals surface area contributed by atoms with E-state index in [0.717, 1.165) is 24.3 Å². The number of aryl methyl sites for hydroxylation is 1. The molecule has 20 heavy (non-hydrogen) atoms. The van der Waals surface area contributed by atoms with Crippen LogP contribution in [0.15, 0.2) is 16.9 Å². The van der Waals surface area contributed by atoms with Gasteiger partial charge >= 0.3 is 0 Å². The van der Waals surface area contributed by atoms with Gasteiger partial charge in [0.25, 0.3) is 0 Å². The number of carbonyl (C=O) groups is 1. The van der Waals surface area contributed by atoms with Gasteiger partial charge in [0.2, 0.25) is 11.8 Å². The Labute approximate surface area is 116 Å². The van der Waals surface area contributed by atoms with Gasteiger partial charge in [-0.05, 0) is 25.3 Å². The van der Waals surface area contributed by atoms with Crippen molar-refractivity contribution in [3.05, 3.63) is 29.7 Å². The molecule has 1 amide bonds. The molecule has 1 saturated carbocycles. The van der Waals surface area contributed by atoms with E-state index >= 15 is 0 Å². The highest BCUT2D eigenvalue weighted by Crippen LogP contribution is 2.38. The van der Waals surface area contributed by atoms with Gasteiger partial charge in [0.15, 0.2) is 5.82 Å². The van der Waals surface area contributed by atoms with Gasteiger partial charge in [0, 0.05) is 25.1 Å². The Morgan fingerprint density at radius 2 is 2.40 bits per heavy atom. The molecule has 0 aliphatic heterocycles. The van der Waals surface area contributed by atoms with Gasteiger partial charge in [-0.2, -0.15) is 10.1 Å². The van der Waals surface area contributed by atoms with Gasteiger partial charge in [-0.15, -0.1) is 0 Å². The minimum atomic E-state index is -0.0704. The molecule has 0 bridgehead atoms.